The van der Waals surface area contributed by atoms with E-state index in [1.165, 1.54) is 12.1 Å². The molecule has 0 saturated carbocycles. The molecule has 0 radical (unpaired) electrons. The molecular weight excluding hydrogens is 372 g/mol. The van der Waals surface area contributed by atoms with Crippen molar-refractivity contribution in [1.82, 2.24) is 4.90 Å². The predicted molar refractivity (Wildman–Crippen MR) is 108 cm³/mol. The summed E-state index contributed by atoms with van der Waals surface area (Å²) < 4.78 is 13.2. The lowest BCUT2D eigenvalue weighted by molar-refractivity contribution is 0.0105. The van der Waals surface area contributed by atoms with Crippen molar-refractivity contribution in [3.63, 3.8) is 0 Å². The van der Waals surface area contributed by atoms with E-state index in [1.54, 1.807) is 30.3 Å². The molecular formula is C21H24Cl2FNO. The fraction of sp³-hybridized carbons (Fsp3) is 0.333. The minimum atomic E-state index is -1.27. The summed E-state index contributed by atoms with van der Waals surface area (Å²) in [4.78, 5) is 2.02. The summed E-state index contributed by atoms with van der Waals surface area (Å²) in [7, 11) is 3.92. The van der Waals surface area contributed by atoms with Crippen molar-refractivity contribution in [2.75, 3.05) is 20.6 Å². The van der Waals surface area contributed by atoms with Crippen LogP contribution in [0.25, 0.3) is 6.08 Å². The van der Waals surface area contributed by atoms with Gasteiger partial charge in [0, 0.05) is 22.5 Å². The molecule has 0 aliphatic carbocycles. The van der Waals surface area contributed by atoms with E-state index >= 15 is 0 Å². The van der Waals surface area contributed by atoms with Crippen LogP contribution in [0.5, 0.6) is 0 Å². The van der Waals surface area contributed by atoms with Crippen LogP contribution < -0.4 is 0 Å². The topological polar surface area (TPSA) is 23.5 Å². The van der Waals surface area contributed by atoms with Gasteiger partial charge in [-0.25, -0.2) is 4.39 Å². The number of hydrogen-bond acceptors (Lipinski definition) is 2. The molecule has 2 aromatic rings. The SMILES string of the molecule is CC(=Cc1ccc(F)cc1)C(O)(c1cc(Cl)cc(Cl)c1)C(C)CN(C)C. The van der Waals surface area contributed by atoms with Gasteiger partial charge in [-0.15, -0.1) is 0 Å². The Hall–Kier alpha value is -1.39. The smallest absolute Gasteiger partial charge is 0.123 e. The highest BCUT2D eigenvalue weighted by Gasteiger charge is 2.38. The third-order valence-corrected chi connectivity index (χ3v) is 4.95. The molecule has 0 heterocycles. The standard InChI is InChI=1S/C21H24Cl2FNO/c1-14(9-16-5-7-20(24)8-6-16)21(26,15(2)13-25(3)4)17-10-18(22)12-19(23)11-17/h5-12,15,26H,13H2,1-4H3. The van der Waals surface area contributed by atoms with Gasteiger partial charge in [0.05, 0.1) is 0 Å². The quantitative estimate of drug-likeness (QED) is 0.685. The Morgan fingerprint density at radius 3 is 2.19 bits per heavy atom. The summed E-state index contributed by atoms with van der Waals surface area (Å²) in [5, 5.41) is 12.7. The third kappa shape index (κ3) is 4.86. The lowest BCUT2D eigenvalue weighted by Gasteiger charge is -2.37. The Balaban J connectivity index is 2.57. The molecule has 0 bridgehead atoms. The summed E-state index contributed by atoms with van der Waals surface area (Å²) in [5.41, 5.74) is 0.914. The first kappa shape index (κ1) is 20.9. The molecule has 0 amide bonds. The van der Waals surface area contributed by atoms with Crippen molar-refractivity contribution in [3.8, 4) is 0 Å². The average Bonchev–Trinajstić information content (AvgIpc) is 2.54. The van der Waals surface area contributed by atoms with Gasteiger partial charge >= 0.3 is 0 Å². The molecule has 2 unspecified atom stereocenters. The van der Waals surface area contributed by atoms with Crippen molar-refractivity contribution in [2.24, 2.45) is 5.92 Å². The minimum Gasteiger partial charge on any atom is -0.380 e. The molecule has 0 spiro atoms. The highest BCUT2D eigenvalue weighted by Crippen LogP contribution is 2.40. The van der Waals surface area contributed by atoms with E-state index in [-0.39, 0.29) is 11.7 Å². The van der Waals surface area contributed by atoms with Gasteiger partial charge in [-0.1, -0.05) is 48.3 Å². The van der Waals surface area contributed by atoms with Crippen molar-refractivity contribution >= 4 is 29.3 Å². The molecule has 1 N–H and O–H groups in total. The monoisotopic (exact) mass is 395 g/mol. The molecule has 5 heteroatoms. The predicted octanol–water partition coefficient (Wildman–Crippen LogP) is 5.62. The normalized spacial score (nSPS) is 15.8. The van der Waals surface area contributed by atoms with Crippen LogP contribution in [-0.4, -0.2) is 30.6 Å². The first-order valence-corrected chi connectivity index (χ1v) is 9.16. The van der Waals surface area contributed by atoms with E-state index in [9.17, 15) is 9.50 Å². The summed E-state index contributed by atoms with van der Waals surface area (Å²) in [6.07, 6.45) is 1.86. The van der Waals surface area contributed by atoms with Crippen molar-refractivity contribution in [1.29, 1.82) is 0 Å². The van der Waals surface area contributed by atoms with Gasteiger partial charge < -0.3 is 10.0 Å². The molecule has 2 rings (SSSR count). The van der Waals surface area contributed by atoms with Crippen molar-refractivity contribution < 1.29 is 9.50 Å². The zero-order valence-corrected chi connectivity index (χ0v) is 16.9. The second kappa shape index (κ2) is 8.53. The number of hydrogen-bond donors (Lipinski definition) is 1. The largest absolute Gasteiger partial charge is 0.380 e. The molecule has 2 aromatic carbocycles. The van der Waals surface area contributed by atoms with Gasteiger partial charge in [0.2, 0.25) is 0 Å². The van der Waals surface area contributed by atoms with Crippen LogP contribution in [0.3, 0.4) is 0 Å². The van der Waals surface area contributed by atoms with Gasteiger partial charge in [-0.05, 0) is 68.1 Å². The Kier molecular flexibility index (Phi) is 6.86. The van der Waals surface area contributed by atoms with Gasteiger partial charge in [-0.2, -0.15) is 0 Å². The van der Waals surface area contributed by atoms with Crippen molar-refractivity contribution in [3.05, 3.63) is 75.0 Å². The van der Waals surface area contributed by atoms with E-state index in [0.29, 0.717) is 22.2 Å². The van der Waals surface area contributed by atoms with Gasteiger partial charge in [0.25, 0.3) is 0 Å². The molecule has 2 nitrogen and oxygen atoms in total. The van der Waals surface area contributed by atoms with Crippen LogP contribution in [0, 0.1) is 11.7 Å². The van der Waals surface area contributed by atoms with E-state index in [4.69, 9.17) is 23.2 Å². The molecule has 0 aliphatic rings. The van der Waals surface area contributed by atoms with Gasteiger partial charge in [-0.3, -0.25) is 0 Å². The third-order valence-electron chi connectivity index (χ3n) is 4.51. The summed E-state index contributed by atoms with van der Waals surface area (Å²) in [5.74, 6) is -0.429. The second-order valence-electron chi connectivity index (χ2n) is 6.97. The number of nitrogens with zero attached hydrogens (tertiary/aromatic N) is 1. The van der Waals surface area contributed by atoms with Crippen LogP contribution in [-0.2, 0) is 5.60 Å². The summed E-state index contributed by atoms with van der Waals surface area (Å²) >= 11 is 12.4. The van der Waals surface area contributed by atoms with E-state index < -0.39 is 5.60 Å². The maximum Gasteiger partial charge on any atom is 0.123 e. The summed E-state index contributed by atoms with van der Waals surface area (Å²) in [6, 6.07) is 11.3. The Morgan fingerprint density at radius 2 is 1.69 bits per heavy atom. The van der Waals surface area contributed by atoms with Crippen LogP contribution >= 0.6 is 23.2 Å². The number of benzene rings is 2. The lowest BCUT2D eigenvalue weighted by Crippen LogP contribution is -2.40. The van der Waals surface area contributed by atoms with Crippen LogP contribution in [0.1, 0.15) is 25.0 Å². The Labute approximate surface area is 164 Å². The molecule has 0 fully saturated rings. The Bertz CT molecular complexity index is 769. The molecule has 0 aliphatic heterocycles. The van der Waals surface area contributed by atoms with Crippen LogP contribution in [0.4, 0.5) is 4.39 Å². The Morgan fingerprint density at radius 1 is 1.15 bits per heavy atom. The number of halogens is 3. The number of rotatable bonds is 6. The molecule has 0 saturated heterocycles. The highest BCUT2D eigenvalue weighted by molar-refractivity contribution is 6.34. The lowest BCUT2D eigenvalue weighted by atomic mass is 9.76. The van der Waals surface area contributed by atoms with Crippen molar-refractivity contribution in [2.45, 2.75) is 19.4 Å². The first-order chi connectivity index (χ1) is 12.1. The van der Waals surface area contributed by atoms with E-state index in [2.05, 4.69) is 0 Å². The fourth-order valence-electron chi connectivity index (χ4n) is 3.27. The zero-order valence-electron chi connectivity index (χ0n) is 15.4. The first-order valence-electron chi connectivity index (χ1n) is 8.41. The number of aliphatic hydroxyl groups is 1. The fourth-order valence-corrected chi connectivity index (χ4v) is 3.80. The average molecular weight is 396 g/mol. The second-order valence-corrected chi connectivity index (χ2v) is 7.84. The molecule has 2 atom stereocenters. The molecule has 140 valence electrons. The summed E-state index contributed by atoms with van der Waals surface area (Å²) in [6.45, 7) is 4.51. The van der Waals surface area contributed by atoms with Crippen LogP contribution in [0.2, 0.25) is 10.0 Å². The maximum absolute atomic E-state index is 13.2. The molecule has 26 heavy (non-hydrogen) atoms. The highest BCUT2D eigenvalue weighted by atomic mass is 35.5. The van der Waals surface area contributed by atoms with E-state index in [1.807, 2.05) is 38.9 Å². The maximum atomic E-state index is 13.2. The van der Waals surface area contributed by atoms with Crippen LogP contribution in [0.15, 0.2) is 48.0 Å². The zero-order chi connectivity index (χ0) is 19.5. The van der Waals surface area contributed by atoms with Gasteiger partial charge in [0.1, 0.15) is 11.4 Å². The molecule has 0 aromatic heterocycles. The van der Waals surface area contributed by atoms with Gasteiger partial charge in [0.15, 0.2) is 0 Å². The minimum absolute atomic E-state index is 0.135. The van der Waals surface area contributed by atoms with E-state index in [0.717, 1.165) is 11.1 Å².